The van der Waals surface area contributed by atoms with Gasteiger partial charge in [0.15, 0.2) is 11.5 Å². The van der Waals surface area contributed by atoms with Crippen molar-refractivity contribution >= 4 is 17.5 Å². The number of nitrogens with one attached hydrogen (secondary N) is 2. The lowest BCUT2D eigenvalue weighted by atomic mass is 10.0. The number of benzene rings is 2. The third-order valence-electron chi connectivity index (χ3n) is 4.22. The summed E-state index contributed by atoms with van der Waals surface area (Å²) >= 11 is 0. The van der Waals surface area contributed by atoms with Crippen molar-refractivity contribution in [2.75, 3.05) is 5.32 Å². The minimum Gasteiger partial charge on any atom is -0.449 e. The molecule has 2 aromatic rings. The van der Waals surface area contributed by atoms with Crippen LogP contribution in [0.15, 0.2) is 48.5 Å². The molecule has 0 aromatic heterocycles. The molecule has 0 aliphatic carbocycles. The van der Waals surface area contributed by atoms with Gasteiger partial charge in [0.25, 0.3) is 5.91 Å². The van der Waals surface area contributed by atoms with Crippen LogP contribution in [0, 0.1) is 5.92 Å². The fourth-order valence-electron chi connectivity index (χ4n) is 3.05. The molecule has 0 radical (unpaired) electrons. The summed E-state index contributed by atoms with van der Waals surface area (Å²) in [5.41, 5.74) is 1.29. The molecule has 148 valence electrons. The van der Waals surface area contributed by atoms with E-state index in [1.54, 1.807) is 18.2 Å². The molecule has 1 unspecified atom stereocenters. The predicted octanol–water partition coefficient (Wildman–Crippen LogP) is 4.04. The number of fused-ring (bicyclic) bond motifs is 1. The van der Waals surface area contributed by atoms with Crippen LogP contribution in [0.2, 0.25) is 0 Å². The van der Waals surface area contributed by atoms with Gasteiger partial charge < -0.3 is 20.1 Å². The van der Waals surface area contributed by atoms with Crippen LogP contribution in [0.4, 0.5) is 5.69 Å². The predicted molar refractivity (Wildman–Crippen MR) is 107 cm³/mol. The van der Waals surface area contributed by atoms with Gasteiger partial charge in [-0.15, -0.1) is 0 Å². The molecule has 1 aliphatic heterocycles. The van der Waals surface area contributed by atoms with Crippen LogP contribution in [0.3, 0.4) is 0 Å². The molecule has 6 heteroatoms. The zero-order valence-corrected chi connectivity index (χ0v) is 16.6. The number of anilines is 1. The smallest absolute Gasteiger partial charge is 0.251 e. The molecule has 2 amide bonds. The number of carbonyl (C=O) groups excluding carboxylic acids is 2. The first-order valence-corrected chi connectivity index (χ1v) is 9.41. The average Bonchev–Trinajstić information content (AvgIpc) is 2.92. The van der Waals surface area contributed by atoms with E-state index in [9.17, 15) is 9.59 Å². The molecule has 0 spiro atoms. The number of ether oxygens (including phenoxy) is 2. The Morgan fingerprint density at radius 3 is 2.36 bits per heavy atom. The average molecular weight is 382 g/mol. The van der Waals surface area contributed by atoms with Crippen molar-refractivity contribution in [1.82, 2.24) is 5.32 Å². The molecule has 2 aromatic carbocycles. The van der Waals surface area contributed by atoms with Crippen LogP contribution < -0.4 is 20.1 Å². The Morgan fingerprint density at radius 1 is 1.00 bits per heavy atom. The fraction of sp³-hybridized carbons (Fsp3) is 0.364. The van der Waals surface area contributed by atoms with Crippen LogP contribution in [-0.2, 0) is 9.59 Å². The maximum atomic E-state index is 13.0. The standard InChI is InChI=1S/C22H26N2O4/c1-14(2)12-19(25)24-20(15-8-6-5-7-9-15)21(26)23-16-10-11-17-18(13-16)28-22(3,4)27-17/h5-11,13-14,20H,12H2,1-4H3,(H,23,26)(H,24,25). The van der Waals surface area contributed by atoms with Crippen molar-refractivity contribution in [1.29, 1.82) is 0 Å². The Balaban J connectivity index is 1.77. The van der Waals surface area contributed by atoms with Gasteiger partial charge >= 0.3 is 0 Å². The molecule has 0 saturated heterocycles. The minimum absolute atomic E-state index is 0.161. The normalized spacial score (nSPS) is 15.2. The van der Waals surface area contributed by atoms with Gasteiger partial charge in [-0.1, -0.05) is 44.2 Å². The van der Waals surface area contributed by atoms with Crippen LogP contribution in [0.5, 0.6) is 11.5 Å². The van der Waals surface area contributed by atoms with E-state index in [4.69, 9.17) is 9.47 Å². The third-order valence-corrected chi connectivity index (χ3v) is 4.22. The lowest BCUT2D eigenvalue weighted by molar-refractivity contribution is -0.127. The Morgan fingerprint density at radius 2 is 1.68 bits per heavy atom. The third kappa shape index (κ3) is 4.82. The number of carbonyl (C=O) groups is 2. The highest BCUT2D eigenvalue weighted by Gasteiger charge is 2.32. The van der Waals surface area contributed by atoms with Gasteiger partial charge in [-0.05, 0) is 23.6 Å². The molecular formula is C22H26N2O4. The van der Waals surface area contributed by atoms with Crippen molar-refractivity contribution in [2.24, 2.45) is 5.92 Å². The number of rotatable bonds is 6. The first-order valence-electron chi connectivity index (χ1n) is 9.41. The lowest BCUT2D eigenvalue weighted by Crippen LogP contribution is -2.37. The topological polar surface area (TPSA) is 76.7 Å². The maximum absolute atomic E-state index is 13.0. The Hall–Kier alpha value is -3.02. The molecule has 1 heterocycles. The van der Waals surface area contributed by atoms with Crippen LogP contribution in [0.25, 0.3) is 0 Å². The maximum Gasteiger partial charge on any atom is 0.251 e. The van der Waals surface area contributed by atoms with E-state index < -0.39 is 11.8 Å². The molecule has 0 bridgehead atoms. The molecule has 1 aliphatic rings. The zero-order valence-electron chi connectivity index (χ0n) is 16.6. The van der Waals surface area contributed by atoms with Gasteiger partial charge in [-0.25, -0.2) is 0 Å². The highest BCUT2D eigenvalue weighted by molar-refractivity contribution is 5.98. The number of hydrogen-bond acceptors (Lipinski definition) is 4. The monoisotopic (exact) mass is 382 g/mol. The second kappa shape index (κ2) is 7.92. The summed E-state index contributed by atoms with van der Waals surface area (Å²) in [4.78, 5) is 25.3. The Labute approximate surface area is 165 Å². The molecule has 1 atom stereocenters. The molecular weight excluding hydrogens is 356 g/mol. The first-order chi connectivity index (χ1) is 13.2. The van der Waals surface area contributed by atoms with Crippen LogP contribution >= 0.6 is 0 Å². The molecule has 3 rings (SSSR count). The van der Waals surface area contributed by atoms with Crippen molar-refractivity contribution in [3.8, 4) is 11.5 Å². The summed E-state index contributed by atoms with van der Waals surface area (Å²) in [5, 5.41) is 5.71. The van der Waals surface area contributed by atoms with Crippen molar-refractivity contribution in [2.45, 2.75) is 45.9 Å². The summed E-state index contributed by atoms with van der Waals surface area (Å²) in [5.74, 6) is 0.197. The van der Waals surface area contributed by atoms with E-state index in [-0.39, 0.29) is 17.7 Å². The largest absolute Gasteiger partial charge is 0.449 e. The van der Waals surface area contributed by atoms with Crippen molar-refractivity contribution in [3.05, 3.63) is 54.1 Å². The minimum atomic E-state index is -0.783. The van der Waals surface area contributed by atoms with E-state index in [1.165, 1.54) is 0 Å². The van der Waals surface area contributed by atoms with Gasteiger partial charge in [-0.2, -0.15) is 0 Å². The Kier molecular flexibility index (Phi) is 5.58. The second-order valence-electron chi connectivity index (χ2n) is 7.76. The summed E-state index contributed by atoms with van der Waals surface area (Å²) in [6.07, 6.45) is 0.357. The molecule has 28 heavy (non-hydrogen) atoms. The quantitative estimate of drug-likeness (QED) is 0.791. The molecule has 0 saturated carbocycles. The Bertz CT molecular complexity index is 862. The number of hydrogen-bond donors (Lipinski definition) is 2. The SMILES string of the molecule is CC(C)CC(=O)NC(C(=O)Nc1ccc2c(c1)OC(C)(C)O2)c1ccccc1. The number of amides is 2. The lowest BCUT2D eigenvalue weighted by Gasteiger charge is -2.19. The van der Waals surface area contributed by atoms with Gasteiger partial charge in [0.05, 0.1) is 0 Å². The highest BCUT2D eigenvalue weighted by atomic mass is 16.7. The fourth-order valence-corrected chi connectivity index (χ4v) is 3.05. The zero-order chi connectivity index (χ0) is 20.3. The van der Waals surface area contributed by atoms with E-state index in [0.717, 1.165) is 5.56 Å². The van der Waals surface area contributed by atoms with Gasteiger partial charge in [0.1, 0.15) is 6.04 Å². The summed E-state index contributed by atoms with van der Waals surface area (Å²) < 4.78 is 11.4. The van der Waals surface area contributed by atoms with E-state index in [0.29, 0.717) is 23.6 Å². The summed E-state index contributed by atoms with van der Waals surface area (Å²) in [6, 6.07) is 13.6. The molecule has 0 fully saturated rings. The summed E-state index contributed by atoms with van der Waals surface area (Å²) in [7, 11) is 0. The highest BCUT2D eigenvalue weighted by Crippen LogP contribution is 2.40. The second-order valence-corrected chi connectivity index (χ2v) is 7.76. The van der Waals surface area contributed by atoms with E-state index >= 15 is 0 Å². The first kappa shape index (κ1) is 19.7. The van der Waals surface area contributed by atoms with Gasteiger partial charge in [-0.3, -0.25) is 9.59 Å². The van der Waals surface area contributed by atoms with Crippen molar-refractivity contribution in [3.63, 3.8) is 0 Å². The molecule has 2 N–H and O–H groups in total. The van der Waals surface area contributed by atoms with Crippen LogP contribution in [0.1, 0.15) is 45.7 Å². The summed E-state index contributed by atoms with van der Waals surface area (Å²) in [6.45, 7) is 7.57. The molecule has 6 nitrogen and oxygen atoms in total. The van der Waals surface area contributed by atoms with E-state index in [2.05, 4.69) is 10.6 Å². The van der Waals surface area contributed by atoms with Crippen molar-refractivity contribution < 1.29 is 19.1 Å². The van der Waals surface area contributed by atoms with Gasteiger partial charge in [0.2, 0.25) is 11.7 Å². The van der Waals surface area contributed by atoms with Gasteiger partial charge in [0, 0.05) is 32.0 Å². The van der Waals surface area contributed by atoms with Crippen LogP contribution in [-0.4, -0.2) is 17.6 Å². The van der Waals surface area contributed by atoms with E-state index in [1.807, 2.05) is 58.0 Å².